The molecule has 17 heteroatoms. The quantitative estimate of drug-likeness (QED) is 0.258. The van der Waals surface area contributed by atoms with Crippen molar-refractivity contribution in [3.63, 3.8) is 0 Å². The molecule has 0 radical (unpaired) electrons. The summed E-state index contributed by atoms with van der Waals surface area (Å²) in [5.74, 6) is -0.582. The van der Waals surface area contributed by atoms with Gasteiger partial charge in [-0.2, -0.15) is 26.3 Å². The number of nitrogen functional groups attached to an aromatic ring is 1. The molecule has 3 fully saturated rings. The predicted octanol–water partition coefficient (Wildman–Crippen LogP) is 4.38. The highest BCUT2D eigenvalue weighted by molar-refractivity contribution is 5.91. The second-order valence-corrected chi connectivity index (χ2v) is 13.9. The number of piperidine rings is 2. The first-order chi connectivity index (χ1) is 24.7. The summed E-state index contributed by atoms with van der Waals surface area (Å²) in [6.07, 6.45) is -8.16. The van der Waals surface area contributed by atoms with E-state index in [0.717, 1.165) is 37.4 Å². The fraction of sp³-hybridized carbons (Fsp3) is 0.571. The number of amides is 5. The van der Waals surface area contributed by atoms with E-state index >= 15 is 0 Å². The Bertz CT molecular complexity index is 1580. The molecule has 0 saturated carbocycles. The van der Waals surface area contributed by atoms with Crippen LogP contribution in [-0.2, 0) is 30.0 Å². The minimum Gasteiger partial charge on any atom is -0.398 e. The number of urea groups is 2. The highest BCUT2D eigenvalue weighted by atomic mass is 19.4. The van der Waals surface area contributed by atoms with Crippen molar-refractivity contribution in [2.45, 2.75) is 69.0 Å². The molecule has 0 bridgehead atoms. The van der Waals surface area contributed by atoms with Crippen molar-refractivity contribution in [1.29, 1.82) is 0 Å². The summed E-state index contributed by atoms with van der Waals surface area (Å²) in [6, 6.07) is 6.31. The smallest absolute Gasteiger partial charge is 0.398 e. The summed E-state index contributed by atoms with van der Waals surface area (Å²) in [5, 5.41) is 8.90. The van der Waals surface area contributed by atoms with Crippen molar-refractivity contribution in [2.75, 3.05) is 70.0 Å². The third-order valence-electron chi connectivity index (χ3n) is 10.7. The third kappa shape index (κ3) is 8.51. The van der Waals surface area contributed by atoms with Gasteiger partial charge in [-0.15, -0.1) is 0 Å². The predicted molar refractivity (Wildman–Crippen MR) is 181 cm³/mol. The maximum absolute atomic E-state index is 14.0. The van der Waals surface area contributed by atoms with E-state index in [0.29, 0.717) is 63.9 Å². The van der Waals surface area contributed by atoms with E-state index < -0.39 is 59.1 Å². The minimum absolute atomic E-state index is 0.163. The first-order valence-electron chi connectivity index (χ1n) is 17.7. The van der Waals surface area contributed by atoms with Crippen LogP contribution in [0.25, 0.3) is 0 Å². The fourth-order valence-electron chi connectivity index (χ4n) is 7.81. The number of hydrogen-bond donors (Lipinski definition) is 4. The lowest BCUT2D eigenvalue weighted by molar-refractivity contribution is -0.141. The zero-order valence-corrected chi connectivity index (χ0v) is 28.7. The number of carbonyl (C=O) groups is 3. The monoisotopic (exact) mass is 738 g/mol. The van der Waals surface area contributed by atoms with Crippen molar-refractivity contribution in [3.05, 3.63) is 58.7 Å². The summed E-state index contributed by atoms with van der Waals surface area (Å²) in [6.45, 7) is 5.03. The number of halogens is 6. The number of carbonyl (C=O) groups excluding carboxylic acids is 3. The van der Waals surface area contributed by atoms with Gasteiger partial charge in [-0.25, -0.2) is 9.59 Å². The Labute approximate surface area is 297 Å². The summed E-state index contributed by atoms with van der Waals surface area (Å²) in [4.78, 5) is 47.8. The first kappa shape index (κ1) is 37.5. The summed E-state index contributed by atoms with van der Waals surface area (Å²) >= 11 is 0. The largest absolute Gasteiger partial charge is 0.418 e. The van der Waals surface area contributed by atoms with Gasteiger partial charge in [0.1, 0.15) is 6.04 Å². The van der Waals surface area contributed by atoms with Crippen LogP contribution >= 0.6 is 0 Å². The maximum Gasteiger partial charge on any atom is 0.418 e. The molecule has 52 heavy (non-hydrogen) atoms. The van der Waals surface area contributed by atoms with Gasteiger partial charge in [0.15, 0.2) is 0 Å². The van der Waals surface area contributed by atoms with E-state index in [4.69, 9.17) is 5.73 Å². The van der Waals surface area contributed by atoms with Crippen molar-refractivity contribution in [2.24, 2.45) is 0 Å². The zero-order chi connectivity index (χ0) is 37.2. The van der Waals surface area contributed by atoms with Gasteiger partial charge >= 0.3 is 24.4 Å². The topological polar surface area (TPSA) is 126 Å². The SMILES string of the molecule is Nc1c(C(F)(F)F)cc(C[C@@H](NC(=O)N2CCC(N3CCc4ccccc4NC3=O)CC2)C(=O)N2CCC(N3CCNCC3)CC2)cc1C(F)(F)F. The molecule has 4 heterocycles. The molecule has 4 aliphatic rings. The van der Waals surface area contributed by atoms with E-state index in [2.05, 4.69) is 20.9 Å². The molecule has 284 valence electrons. The van der Waals surface area contributed by atoms with Crippen LogP contribution < -0.4 is 21.7 Å². The molecule has 11 nitrogen and oxygen atoms in total. The van der Waals surface area contributed by atoms with E-state index in [9.17, 15) is 40.7 Å². The van der Waals surface area contributed by atoms with Crippen LogP contribution in [-0.4, -0.2) is 115 Å². The number of hydrogen-bond acceptors (Lipinski definition) is 6. The van der Waals surface area contributed by atoms with Crippen LogP contribution in [0.5, 0.6) is 0 Å². The van der Waals surface area contributed by atoms with Crippen LogP contribution in [0.15, 0.2) is 36.4 Å². The van der Waals surface area contributed by atoms with Crippen molar-refractivity contribution in [3.8, 4) is 0 Å². The molecule has 6 rings (SSSR count). The van der Waals surface area contributed by atoms with Gasteiger partial charge in [-0.3, -0.25) is 9.69 Å². The molecule has 0 aromatic heterocycles. The number of fused-ring (bicyclic) bond motifs is 1. The van der Waals surface area contributed by atoms with E-state index in [1.165, 1.54) is 9.80 Å². The van der Waals surface area contributed by atoms with Crippen LogP contribution in [0.4, 0.5) is 47.3 Å². The summed E-state index contributed by atoms with van der Waals surface area (Å²) in [5.41, 5.74) is 1.93. The van der Waals surface area contributed by atoms with Crippen LogP contribution in [0.1, 0.15) is 47.9 Å². The van der Waals surface area contributed by atoms with Crippen molar-refractivity contribution >= 4 is 29.3 Å². The lowest BCUT2D eigenvalue weighted by Gasteiger charge is -2.41. The minimum atomic E-state index is -5.19. The number of nitrogens with zero attached hydrogens (tertiary/aromatic N) is 4. The van der Waals surface area contributed by atoms with Crippen LogP contribution in [0.2, 0.25) is 0 Å². The van der Waals surface area contributed by atoms with Gasteiger partial charge in [0.05, 0.1) is 16.8 Å². The Morgan fingerprint density at radius 3 is 2.02 bits per heavy atom. The van der Waals surface area contributed by atoms with E-state index in [-0.39, 0.29) is 31.2 Å². The summed E-state index contributed by atoms with van der Waals surface area (Å²) in [7, 11) is 0. The Morgan fingerprint density at radius 2 is 1.40 bits per heavy atom. The third-order valence-corrected chi connectivity index (χ3v) is 10.7. The average Bonchev–Trinajstić information content (AvgIpc) is 3.29. The highest BCUT2D eigenvalue weighted by Crippen LogP contribution is 2.42. The van der Waals surface area contributed by atoms with Gasteiger partial charge in [0.25, 0.3) is 0 Å². The molecule has 4 aliphatic heterocycles. The number of alkyl halides is 6. The maximum atomic E-state index is 14.0. The van der Waals surface area contributed by atoms with Crippen molar-refractivity contribution < 1.29 is 40.7 Å². The number of nitrogens with one attached hydrogen (secondary N) is 3. The molecule has 2 aromatic carbocycles. The lowest BCUT2D eigenvalue weighted by Crippen LogP contribution is -2.58. The fourth-order valence-corrected chi connectivity index (χ4v) is 7.81. The molecule has 5 amide bonds. The Balaban J connectivity index is 1.17. The standard InChI is InChI=1S/C35H44F6N8O3/c36-34(37,38)26-19-22(20-27(30(26)42)35(39,40)41)21-29(31(50)47-12-6-24(7-13-47)46-17-10-43-11-18-46)45-32(51)48-14-8-25(9-15-48)49-16-5-23-3-1-2-4-28(23)44-33(49)52/h1-4,19-20,24-25,29,43H,5-18,21,42H2,(H,44,52)(H,45,51)/t29-/m1/s1. The molecule has 3 saturated heterocycles. The van der Waals surface area contributed by atoms with Gasteiger partial charge in [0, 0.05) is 83.1 Å². The Morgan fingerprint density at radius 1 is 0.827 bits per heavy atom. The Hall–Kier alpha value is -4.25. The van der Waals surface area contributed by atoms with Crippen LogP contribution in [0, 0.1) is 0 Å². The van der Waals surface area contributed by atoms with Crippen molar-refractivity contribution in [1.82, 2.24) is 30.2 Å². The molecule has 2 aromatic rings. The number of likely N-dealkylation sites (tertiary alicyclic amines) is 2. The highest BCUT2D eigenvalue weighted by Gasteiger charge is 2.42. The van der Waals surface area contributed by atoms with E-state index in [1.54, 1.807) is 4.90 Å². The number of nitrogens with two attached hydrogens (primary N) is 1. The molecular weight excluding hydrogens is 694 g/mol. The molecule has 5 N–H and O–H groups in total. The lowest BCUT2D eigenvalue weighted by atomic mass is 9.96. The summed E-state index contributed by atoms with van der Waals surface area (Å²) < 4.78 is 83.2. The first-order valence-corrected chi connectivity index (χ1v) is 17.7. The molecule has 0 spiro atoms. The Kier molecular flexibility index (Phi) is 11.1. The molecule has 0 aliphatic carbocycles. The number of rotatable bonds is 6. The number of para-hydroxylation sites is 1. The van der Waals surface area contributed by atoms with Gasteiger partial charge in [-0.1, -0.05) is 18.2 Å². The van der Waals surface area contributed by atoms with E-state index in [1.807, 2.05) is 24.3 Å². The molecule has 1 atom stereocenters. The van der Waals surface area contributed by atoms with Gasteiger partial charge < -0.3 is 36.4 Å². The second-order valence-electron chi connectivity index (χ2n) is 13.9. The van der Waals surface area contributed by atoms with Gasteiger partial charge in [0.2, 0.25) is 5.91 Å². The number of piperazine rings is 1. The molecule has 0 unspecified atom stereocenters. The molecular formula is C35H44F6N8O3. The second kappa shape index (κ2) is 15.4. The van der Waals surface area contributed by atoms with Gasteiger partial charge in [-0.05, 0) is 61.4 Å². The van der Waals surface area contributed by atoms with Crippen LogP contribution in [0.3, 0.4) is 0 Å². The number of anilines is 2. The zero-order valence-electron chi connectivity index (χ0n) is 28.7. The number of benzene rings is 2. The normalized spacial score (nSPS) is 20.6. The average molecular weight is 739 g/mol.